The van der Waals surface area contributed by atoms with Crippen molar-refractivity contribution in [2.75, 3.05) is 7.11 Å². The maximum Gasteiger partial charge on any atom is 0.233 e. The molecule has 0 aliphatic rings. The Morgan fingerprint density at radius 2 is 2.00 bits per heavy atom. The molecule has 1 heterocycles. The molecule has 3 nitrogen and oxygen atoms in total. The van der Waals surface area contributed by atoms with Crippen LogP contribution >= 0.6 is 15.9 Å². The Balaban J connectivity index is 2.33. The summed E-state index contributed by atoms with van der Waals surface area (Å²) in [7, 11) is 1.62. The molecule has 88 valence electrons. The number of methoxy groups -OCH3 is 1. The summed E-state index contributed by atoms with van der Waals surface area (Å²) in [6.45, 7) is 2.00. The first-order valence-corrected chi connectivity index (χ1v) is 5.93. The highest BCUT2D eigenvalue weighted by Gasteiger charge is 2.08. The summed E-state index contributed by atoms with van der Waals surface area (Å²) >= 11 is 3.39. The number of ether oxygens (including phenoxy) is 2. The van der Waals surface area contributed by atoms with E-state index in [1.165, 1.54) is 0 Å². The molecule has 0 radical (unpaired) electrons. The Kier molecular flexibility index (Phi) is 3.64. The van der Waals surface area contributed by atoms with Gasteiger partial charge in [0.2, 0.25) is 5.88 Å². The summed E-state index contributed by atoms with van der Waals surface area (Å²) < 4.78 is 11.8. The molecular weight excluding hydrogens is 282 g/mol. The van der Waals surface area contributed by atoms with Gasteiger partial charge in [0.05, 0.1) is 11.6 Å². The Labute approximate surface area is 109 Å². The van der Waals surface area contributed by atoms with Crippen LogP contribution in [0.4, 0.5) is 0 Å². The summed E-state index contributed by atoms with van der Waals surface area (Å²) in [5.41, 5.74) is 1.12. The van der Waals surface area contributed by atoms with Gasteiger partial charge in [-0.05, 0) is 52.7 Å². The number of rotatable bonds is 3. The fourth-order valence-corrected chi connectivity index (χ4v) is 1.75. The first kappa shape index (κ1) is 11.9. The van der Waals surface area contributed by atoms with E-state index in [0.717, 1.165) is 10.0 Å². The van der Waals surface area contributed by atoms with Gasteiger partial charge in [0, 0.05) is 6.20 Å². The van der Waals surface area contributed by atoms with Crippen LogP contribution in [0.1, 0.15) is 5.56 Å². The van der Waals surface area contributed by atoms with Gasteiger partial charge >= 0.3 is 0 Å². The van der Waals surface area contributed by atoms with E-state index < -0.39 is 0 Å². The van der Waals surface area contributed by atoms with Crippen LogP contribution in [0.3, 0.4) is 0 Å². The van der Waals surface area contributed by atoms with E-state index in [9.17, 15) is 0 Å². The first-order valence-electron chi connectivity index (χ1n) is 5.13. The molecule has 0 bridgehead atoms. The SMILES string of the molecule is COc1cc(C)ccc1Oc1ncccc1Br. The molecule has 0 unspecified atom stereocenters. The fraction of sp³-hybridized carbons (Fsp3) is 0.154. The van der Waals surface area contributed by atoms with Crippen molar-refractivity contribution in [1.82, 2.24) is 4.98 Å². The van der Waals surface area contributed by atoms with Crippen molar-refractivity contribution in [2.24, 2.45) is 0 Å². The summed E-state index contributed by atoms with van der Waals surface area (Å²) in [6, 6.07) is 9.47. The molecule has 0 saturated heterocycles. The van der Waals surface area contributed by atoms with Gasteiger partial charge in [0.15, 0.2) is 11.5 Å². The molecule has 0 aliphatic carbocycles. The lowest BCUT2D eigenvalue weighted by Gasteiger charge is -2.10. The largest absolute Gasteiger partial charge is 0.493 e. The standard InChI is InChI=1S/C13H12BrNO2/c1-9-5-6-11(12(8-9)16-2)17-13-10(14)4-3-7-15-13/h3-8H,1-2H3. The average molecular weight is 294 g/mol. The number of halogens is 1. The van der Waals surface area contributed by atoms with Crippen molar-refractivity contribution >= 4 is 15.9 Å². The van der Waals surface area contributed by atoms with E-state index in [2.05, 4.69) is 20.9 Å². The molecule has 0 aliphatic heterocycles. The first-order chi connectivity index (χ1) is 8.20. The van der Waals surface area contributed by atoms with Crippen LogP contribution in [0, 0.1) is 6.92 Å². The second-order valence-electron chi connectivity index (χ2n) is 3.55. The van der Waals surface area contributed by atoms with E-state index in [0.29, 0.717) is 17.4 Å². The quantitative estimate of drug-likeness (QED) is 0.858. The van der Waals surface area contributed by atoms with Gasteiger partial charge in [-0.2, -0.15) is 0 Å². The normalized spacial score (nSPS) is 10.1. The molecule has 17 heavy (non-hydrogen) atoms. The predicted octanol–water partition coefficient (Wildman–Crippen LogP) is 3.95. The minimum absolute atomic E-state index is 0.523. The molecule has 1 aromatic heterocycles. The molecule has 4 heteroatoms. The molecule has 0 fully saturated rings. The van der Waals surface area contributed by atoms with Crippen LogP contribution in [0.15, 0.2) is 41.0 Å². The lowest BCUT2D eigenvalue weighted by atomic mass is 10.2. The van der Waals surface area contributed by atoms with Crippen molar-refractivity contribution in [2.45, 2.75) is 6.92 Å². The molecule has 2 aromatic rings. The topological polar surface area (TPSA) is 31.4 Å². The predicted molar refractivity (Wildman–Crippen MR) is 69.7 cm³/mol. The highest BCUT2D eigenvalue weighted by atomic mass is 79.9. The van der Waals surface area contributed by atoms with Crippen molar-refractivity contribution in [3.05, 3.63) is 46.6 Å². The Hall–Kier alpha value is -1.55. The molecule has 0 atom stereocenters. The van der Waals surface area contributed by atoms with E-state index in [1.807, 2.05) is 37.3 Å². The molecule has 0 N–H and O–H groups in total. The van der Waals surface area contributed by atoms with Gasteiger partial charge in [-0.15, -0.1) is 0 Å². The zero-order chi connectivity index (χ0) is 12.3. The number of aryl methyl sites for hydroxylation is 1. The zero-order valence-electron chi connectivity index (χ0n) is 9.61. The molecule has 0 saturated carbocycles. The maximum atomic E-state index is 5.70. The fourth-order valence-electron chi connectivity index (χ4n) is 1.41. The highest BCUT2D eigenvalue weighted by Crippen LogP contribution is 2.33. The number of pyridine rings is 1. The summed E-state index contributed by atoms with van der Waals surface area (Å²) in [4.78, 5) is 4.15. The Morgan fingerprint density at radius 3 is 2.71 bits per heavy atom. The molecule has 1 aromatic carbocycles. The van der Waals surface area contributed by atoms with Gasteiger partial charge in [-0.25, -0.2) is 4.98 Å². The minimum atomic E-state index is 0.523. The molecular formula is C13H12BrNO2. The van der Waals surface area contributed by atoms with Gasteiger partial charge < -0.3 is 9.47 Å². The van der Waals surface area contributed by atoms with Gasteiger partial charge in [-0.1, -0.05) is 6.07 Å². The zero-order valence-corrected chi connectivity index (χ0v) is 11.2. The number of aromatic nitrogens is 1. The van der Waals surface area contributed by atoms with Crippen molar-refractivity contribution < 1.29 is 9.47 Å². The Morgan fingerprint density at radius 1 is 1.18 bits per heavy atom. The van der Waals surface area contributed by atoms with Crippen LogP contribution < -0.4 is 9.47 Å². The van der Waals surface area contributed by atoms with E-state index in [-0.39, 0.29) is 0 Å². The van der Waals surface area contributed by atoms with Crippen LogP contribution in [0.25, 0.3) is 0 Å². The lowest BCUT2D eigenvalue weighted by molar-refractivity contribution is 0.373. The molecule has 2 rings (SSSR count). The lowest BCUT2D eigenvalue weighted by Crippen LogP contribution is -1.93. The number of benzene rings is 1. The van der Waals surface area contributed by atoms with E-state index in [1.54, 1.807) is 13.3 Å². The third-order valence-corrected chi connectivity index (χ3v) is 2.85. The van der Waals surface area contributed by atoms with Gasteiger partial charge in [0.25, 0.3) is 0 Å². The monoisotopic (exact) mass is 293 g/mol. The third-order valence-electron chi connectivity index (χ3n) is 2.25. The van der Waals surface area contributed by atoms with Crippen molar-refractivity contribution in [3.8, 4) is 17.4 Å². The second kappa shape index (κ2) is 5.19. The van der Waals surface area contributed by atoms with E-state index >= 15 is 0 Å². The average Bonchev–Trinajstić information content (AvgIpc) is 2.34. The van der Waals surface area contributed by atoms with Gasteiger partial charge in [-0.3, -0.25) is 0 Å². The van der Waals surface area contributed by atoms with Crippen LogP contribution in [-0.4, -0.2) is 12.1 Å². The van der Waals surface area contributed by atoms with Gasteiger partial charge in [0.1, 0.15) is 0 Å². The number of hydrogen-bond acceptors (Lipinski definition) is 3. The van der Waals surface area contributed by atoms with Crippen LogP contribution in [0.5, 0.6) is 17.4 Å². The smallest absolute Gasteiger partial charge is 0.233 e. The molecule has 0 amide bonds. The third kappa shape index (κ3) is 2.77. The number of nitrogens with zero attached hydrogens (tertiary/aromatic N) is 1. The second-order valence-corrected chi connectivity index (χ2v) is 4.40. The van der Waals surface area contributed by atoms with E-state index in [4.69, 9.17) is 9.47 Å². The van der Waals surface area contributed by atoms with Crippen molar-refractivity contribution in [1.29, 1.82) is 0 Å². The maximum absolute atomic E-state index is 5.70. The summed E-state index contributed by atoms with van der Waals surface area (Å²) in [5.74, 6) is 1.87. The Bertz CT molecular complexity index is 529. The summed E-state index contributed by atoms with van der Waals surface area (Å²) in [6.07, 6.45) is 1.68. The van der Waals surface area contributed by atoms with Crippen LogP contribution in [-0.2, 0) is 0 Å². The number of hydrogen-bond donors (Lipinski definition) is 0. The molecule has 0 spiro atoms. The van der Waals surface area contributed by atoms with Crippen LogP contribution in [0.2, 0.25) is 0 Å². The highest BCUT2D eigenvalue weighted by molar-refractivity contribution is 9.10. The summed E-state index contributed by atoms with van der Waals surface area (Å²) in [5, 5.41) is 0. The van der Waals surface area contributed by atoms with Crippen molar-refractivity contribution in [3.63, 3.8) is 0 Å². The minimum Gasteiger partial charge on any atom is -0.493 e.